The molecule has 0 bridgehead atoms. The molecule has 6 heteroatoms. The fourth-order valence-electron chi connectivity index (χ4n) is 1.17. The predicted molar refractivity (Wildman–Crippen MR) is 66.1 cm³/mol. The fourth-order valence-corrected chi connectivity index (χ4v) is 1.17. The summed E-state index contributed by atoms with van der Waals surface area (Å²) in [6, 6.07) is 2.05. The van der Waals surface area contributed by atoms with Crippen molar-refractivity contribution in [3.63, 3.8) is 0 Å². The zero-order valence-electron chi connectivity index (χ0n) is 10.3. The lowest BCUT2D eigenvalue weighted by Gasteiger charge is -2.11. The maximum atomic E-state index is 10.6. The summed E-state index contributed by atoms with van der Waals surface area (Å²) < 4.78 is 0. The zero-order valence-corrected chi connectivity index (χ0v) is 10.3. The van der Waals surface area contributed by atoms with Gasteiger partial charge in [0.25, 0.3) is 0 Å². The summed E-state index contributed by atoms with van der Waals surface area (Å²) in [6.07, 6.45) is 1.44. The molecule has 0 aliphatic heterocycles. The van der Waals surface area contributed by atoms with Gasteiger partial charge in [-0.3, -0.25) is 4.79 Å². The molecule has 1 heterocycles. The molecule has 3 N–H and O–H groups in total. The first kappa shape index (κ1) is 13.2. The Labute approximate surface area is 100 Å². The van der Waals surface area contributed by atoms with E-state index in [9.17, 15) is 4.79 Å². The van der Waals surface area contributed by atoms with Crippen LogP contribution in [-0.2, 0) is 4.79 Å². The van der Waals surface area contributed by atoms with Gasteiger partial charge in [0.05, 0.1) is 5.92 Å². The highest BCUT2D eigenvalue weighted by atomic mass is 16.4. The lowest BCUT2D eigenvalue weighted by atomic mass is 10.2. The Morgan fingerprint density at radius 2 is 2.00 bits per heavy atom. The van der Waals surface area contributed by atoms with Crippen molar-refractivity contribution in [2.75, 3.05) is 17.2 Å². The van der Waals surface area contributed by atoms with Gasteiger partial charge in [0.2, 0.25) is 0 Å². The smallest absolute Gasteiger partial charge is 0.308 e. The standard InChI is InChI=1S/C11H18N4O2/c1-7(2)15-10-4-9(13-6-14-10)12-5-8(3)11(16)17/h4,6-8H,5H2,1-3H3,(H,16,17)(H2,12,13,14,15). The number of hydrogen-bond acceptors (Lipinski definition) is 5. The Bertz CT molecular complexity index is 381. The van der Waals surface area contributed by atoms with Crippen molar-refractivity contribution >= 4 is 17.6 Å². The highest BCUT2D eigenvalue weighted by Gasteiger charge is 2.10. The lowest BCUT2D eigenvalue weighted by Crippen LogP contribution is -2.20. The number of hydrogen-bond donors (Lipinski definition) is 3. The second-order valence-electron chi connectivity index (χ2n) is 4.21. The molecule has 1 aromatic heterocycles. The summed E-state index contributed by atoms with van der Waals surface area (Å²) >= 11 is 0. The molecule has 0 spiro atoms. The highest BCUT2D eigenvalue weighted by Crippen LogP contribution is 2.10. The second-order valence-corrected chi connectivity index (χ2v) is 4.21. The van der Waals surface area contributed by atoms with Crippen LogP contribution >= 0.6 is 0 Å². The number of carboxylic acid groups (broad SMARTS) is 1. The minimum atomic E-state index is -0.827. The van der Waals surface area contributed by atoms with Crippen molar-refractivity contribution in [1.29, 1.82) is 0 Å². The van der Waals surface area contributed by atoms with Crippen molar-refractivity contribution < 1.29 is 9.90 Å². The zero-order chi connectivity index (χ0) is 12.8. The van der Waals surface area contributed by atoms with Gasteiger partial charge in [0.15, 0.2) is 0 Å². The molecule has 0 aliphatic carbocycles. The van der Waals surface area contributed by atoms with Crippen LogP contribution in [0.2, 0.25) is 0 Å². The monoisotopic (exact) mass is 238 g/mol. The molecule has 0 radical (unpaired) electrons. The minimum Gasteiger partial charge on any atom is -0.481 e. The number of aliphatic carboxylic acids is 1. The average Bonchev–Trinajstić information content (AvgIpc) is 2.25. The van der Waals surface area contributed by atoms with E-state index in [4.69, 9.17) is 5.11 Å². The third kappa shape index (κ3) is 4.67. The Hall–Kier alpha value is -1.85. The number of nitrogens with one attached hydrogen (secondary N) is 2. The van der Waals surface area contributed by atoms with Gasteiger partial charge in [-0.25, -0.2) is 9.97 Å². The van der Waals surface area contributed by atoms with E-state index in [0.717, 1.165) is 5.82 Å². The summed E-state index contributed by atoms with van der Waals surface area (Å²) in [5.41, 5.74) is 0. The number of anilines is 2. The number of carboxylic acids is 1. The Morgan fingerprint density at radius 3 is 2.59 bits per heavy atom. The number of rotatable bonds is 6. The fraction of sp³-hybridized carbons (Fsp3) is 0.545. The minimum absolute atomic E-state index is 0.288. The van der Waals surface area contributed by atoms with E-state index >= 15 is 0 Å². The van der Waals surface area contributed by atoms with E-state index in [1.54, 1.807) is 13.0 Å². The van der Waals surface area contributed by atoms with E-state index in [2.05, 4.69) is 20.6 Å². The molecule has 0 aliphatic rings. The molecular formula is C11H18N4O2. The number of nitrogens with zero attached hydrogens (tertiary/aromatic N) is 2. The van der Waals surface area contributed by atoms with Gasteiger partial charge in [-0.15, -0.1) is 0 Å². The molecule has 0 saturated heterocycles. The topological polar surface area (TPSA) is 87.1 Å². The van der Waals surface area contributed by atoms with Crippen LogP contribution in [0.5, 0.6) is 0 Å². The van der Waals surface area contributed by atoms with Crippen LogP contribution in [0.3, 0.4) is 0 Å². The van der Waals surface area contributed by atoms with Gasteiger partial charge in [-0.05, 0) is 13.8 Å². The first-order chi connectivity index (χ1) is 7.99. The third-order valence-electron chi connectivity index (χ3n) is 2.11. The van der Waals surface area contributed by atoms with Crippen molar-refractivity contribution in [3.05, 3.63) is 12.4 Å². The molecule has 1 unspecified atom stereocenters. The van der Waals surface area contributed by atoms with Crippen molar-refractivity contribution in [1.82, 2.24) is 9.97 Å². The van der Waals surface area contributed by atoms with E-state index in [1.165, 1.54) is 6.33 Å². The Balaban J connectivity index is 2.56. The largest absolute Gasteiger partial charge is 0.481 e. The molecule has 0 fully saturated rings. The first-order valence-electron chi connectivity index (χ1n) is 5.54. The van der Waals surface area contributed by atoms with Crippen LogP contribution in [0, 0.1) is 5.92 Å². The molecule has 1 rings (SSSR count). The quantitative estimate of drug-likeness (QED) is 0.695. The molecule has 0 amide bonds. The van der Waals surface area contributed by atoms with Gasteiger partial charge in [-0.1, -0.05) is 6.92 Å². The third-order valence-corrected chi connectivity index (χ3v) is 2.11. The van der Waals surface area contributed by atoms with Gasteiger partial charge in [0.1, 0.15) is 18.0 Å². The van der Waals surface area contributed by atoms with E-state index in [1.807, 2.05) is 13.8 Å². The van der Waals surface area contributed by atoms with Crippen LogP contribution in [0.25, 0.3) is 0 Å². The summed E-state index contributed by atoms with van der Waals surface area (Å²) in [4.78, 5) is 18.7. The van der Waals surface area contributed by atoms with Crippen molar-refractivity contribution in [2.24, 2.45) is 5.92 Å². The van der Waals surface area contributed by atoms with Gasteiger partial charge >= 0.3 is 5.97 Å². The predicted octanol–water partition coefficient (Wildman–Crippen LogP) is 1.43. The second kappa shape index (κ2) is 6.03. The molecule has 6 nitrogen and oxygen atoms in total. The van der Waals surface area contributed by atoms with Crippen LogP contribution in [0.4, 0.5) is 11.6 Å². The van der Waals surface area contributed by atoms with Gasteiger partial charge in [0, 0.05) is 18.7 Å². The Kier molecular flexibility index (Phi) is 4.68. The van der Waals surface area contributed by atoms with Gasteiger partial charge in [-0.2, -0.15) is 0 Å². The SMILES string of the molecule is CC(C)Nc1cc(NCC(C)C(=O)O)ncn1. The Morgan fingerprint density at radius 1 is 1.35 bits per heavy atom. The summed E-state index contributed by atoms with van der Waals surface area (Å²) in [5.74, 6) is 0.0651. The molecule has 1 aromatic rings. The number of aromatic nitrogens is 2. The summed E-state index contributed by atoms with van der Waals surface area (Å²) in [7, 11) is 0. The van der Waals surface area contributed by atoms with Crippen LogP contribution in [-0.4, -0.2) is 33.6 Å². The average molecular weight is 238 g/mol. The molecule has 0 aromatic carbocycles. The summed E-state index contributed by atoms with van der Waals surface area (Å²) in [5, 5.41) is 14.9. The summed E-state index contributed by atoms with van der Waals surface area (Å²) in [6.45, 7) is 6.01. The molecule has 1 atom stereocenters. The van der Waals surface area contributed by atoms with Crippen LogP contribution in [0.1, 0.15) is 20.8 Å². The van der Waals surface area contributed by atoms with Crippen LogP contribution in [0.15, 0.2) is 12.4 Å². The lowest BCUT2D eigenvalue weighted by molar-refractivity contribution is -0.140. The van der Waals surface area contributed by atoms with E-state index in [0.29, 0.717) is 12.4 Å². The van der Waals surface area contributed by atoms with Crippen molar-refractivity contribution in [2.45, 2.75) is 26.8 Å². The van der Waals surface area contributed by atoms with E-state index < -0.39 is 11.9 Å². The highest BCUT2D eigenvalue weighted by molar-refractivity contribution is 5.70. The van der Waals surface area contributed by atoms with Crippen molar-refractivity contribution in [3.8, 4) is 0 Å². The van der Waals surface area contributed by atoms with E-state index in [-0.39, 0.29) is 6.04 Å². The molecule has 94 valence electrons. The first-order valence-corrected chi connectivity index (χ1v) is 5.54. The van der Waals surface area contributed by atoms with Gasteiger partial charge < -0.3 is 15.7 Å². The molecule has 17 heavy (non-hydrogen) atoms. The molecular weight excluding hydrogens is 220 g/mol. The molecule has 0 saturated carbocycles. The maximum absolute atomic E-state index is 10.6. The normalized spacial score (nSPS) is 12.2. The number of carbonyl (C=O) groups is 1. The maximum Gasteiger partial charge on any atom is 0.308 e. The van der Waals surface area contributed by atoms with Crippen LogP contribution < -0.4 is 10.6 Å².